The minimum absolute atomic E-state index is 0.0609. The van der Waals surface area contributed by atoms with E-state index in [4.69, 9.17) is 28.3 Å². The summed E-state index contributed by atoms with van der Waals surface area (Å²) in [6.45, 7) is 0.305. The number of hydrogen-bond acceptors (Lipinski definition) is 3. The van der Waals surface area contributed by atoms with Gasteiger partial charge in [0.05, 0.1) is 21.2 Å². The molecule has 2 amide bonds. The minimum Gasteiger partial charge on any atom is -0.478 e. The summed E-state index contributed by atoms with van der Waals surface area (Å²) in [7, 11) is 0. The van der Waals surface area contributed by atoms with Gasteiger partial charge in [0.2, 0.25) is 0 Å². The van der Waals surface area contributed by atoms with Gasteiger partial charge in [-0.1, -0.05) is 35.3 Å². The number of carbonyl (C=O) groups excluding carboxylic acids is 2. The summed E-state index contributed by atoms with van der Waals surface area (Å²) < 4.78 is 0. The van der Waals surface area contributed by atoms with Crippen LogP contribution in [0.3, 0.4) is 0 Å². The van der Waals surface area contributed by atoms with Crippen molar-refractivity contribution in [1.29, 1.82) is 0 Å². The molecule has 0 spiro atoms. The van der Waals surface area contributed by atoms with E-state index in [-0.39, 0.29) is 35.1 Å². The third-order valence-corrected chi connectivity index (χ3v) is 4.02. The first-order chi connectivity index (χ1) is 11.9. The lowest BCUT2D eigenvalue weighted by atomic mass is 10.1. The van der Waals surface area contributed by atoms with E-state index >= 15 is 0 Å². The first-order valence-corrected chi connectivity index (χ1v) is 7.99. The Morgan fingerprint density at radius 3 is 2.04 bits per heavy atom. The molecule has 0 heterocycles. The monoisotopic (exact) mass is 380 g/mol. The number of rotatable bonds is 6. The van der Waals surface area contributed by atoms with E-state index in [0.29, 0.717) is 10.6 Å². The van der Waals surface area contributed by atoms with Crippen LogP contribution in [-0.4, -0.2) is 36.0 Å². The molecule has 25 heavy (non-hydrogen) atoms. The summed E-state index contributed by atoms with van der Waals surface area (Å²) in [6.07, 6.45) is 0. The standard InChI is InChI=1S/C17H14Cl2N2O4/c18-13-6-5-10(9-14(13)19)15(22)20-7-8-21-16(23)11-3-1-2-4-12(11)17(24)25/h1-6,9H,7-8H2,(H,20,22)(H,21,23)(H,24,25). The van der Waals surface area contributed by atoms with Crippen molar-refractivity contribution in [3.8, 4) is 0 Å². The van der Waals surface area contributed by atoms with E-state index < -0.39 is 11.9 Å². The van der Waals surface area contributed by atoms with Gasteiger partial charge in [-0.2, -0.15) is 0 Å². The number of carboxylic acids is 1. The van der Waals surface area contributed by atoms with Crippen LogP contribution < -0.4 is 10.6 Å². The van der Waals surface area contributed by atoms with Crippen LogP contribution >= 0.6 is 23.2 Å². The van der Waals surface area contributed by atoms with Crippen molar-refractivity contribution in [2.75, 3.05) is 13.1 Å². The normalized spacial score (nSPS) is 10.2. The maximum atomic E-state index is 12.0. The van der Waals surface area contributed by atoms with Crippen LogP contribution in [0, 0.1) is 0 Å². The van der Waals surface area contributed by atoms with Crippen LogP contribution in [0.15, 0.2) is 42.5 Å². The number of hydrogen-bond donors (Lipinski definition) is 3. The first kappa shape index (κ1) is 18.8. The van der Waals surface area contributed by atoms with Crippen LogP contribution in [0.5, 0.6) is 0 Å². The van der Waals surface area contributed by atoms with Crippen molar-refractivity contribution in [3.05, 3.63) is 69.2 Å². The molecule has 6 nitrogen and oxygen atoms in total. The molecule has 0 fully saturated rings. The Labute approximate surface area is 153 Å². The van der Waals surface area contributed by atoms with Gasteiger partial charge >= 0.3 is 5.97 Å². The molecule has 0 radical (unpaired) electrons. The lowest BCUT2D eigenvalue weighted by molar-refractivity contribution is 0.0691. The van der Waals surface area contributed by atoms with E-state index in [9.17, 15) is 14.4 Å². The van der Waals surface area contributed by atoms with Crippen molar-refractivity contribution in [2.24, 2.45) is 0 Å². The van der Waals surface area contributed by atoms with Gasteiger partial charge in [-0.3, -0.25) is 9.59 Å². The minimum atomic E-state index is -1.18. The number of benzene rings is 2. The highest BCUT2D eigenvalue weighted by atomic mass is 35.5. The van der Waals surface area contributed by atoms with E-state index in [1.807, 2.05) is 0 Å². The van der Waals surface area contributed by atoms with E-state index in [0.717, 1.165) is 0 Å². The van der Waals surface area contributed by atoms with Crippen molar-refractivity contribution in [1.82, 2.24) is 10.6 Å². The molecule has 0 saturated carbocycles. The van der Waals surface area contributed by atoms with Crippen LogP contribution in [0.25, 0.3) is 0 Å². The molecule has 0 aliphatic carbocycles. The van der Waals surface area contributed by atoms with Gasteiger partial charge in [-0.05, 0) is 30.3 Å². The van der Waals surface area contributed by atoms with Crippen molar-refractivity contribution >= 4 is 41.0 Å². The second-order valence-electron chi connectivity index (χ2n) is 4.99. The third-order valence-electron chi connectivity index (χ3n) is 3.28. The molecule has 8 heteroatoms. The van der Waals surface area contributed by atoms with Gasteiger partial charge < -0.3 is 15.7 Å². The number of carboxylic acid groups (broad SMARTS) is 1. The number of halogens is 2. The Morgan fingerprint density at radius 2 is 1.44 bits per heavy atom. The fourth-order valence-electron chi connectivity index (χ4n) is 2.05. The maximum absolute atomic E-state index is 12.0. The summed E-state index contributed by atoms with van der Waals surface area (Å²) in [4.78, 5) is 35.1. The topological polar surface area (TPSA) is 95.5 Å². The molecule has 0 aliphatic rings. The zero-order valence-electron chi connectivity index (χ0n) is 12.9. The van der Waals surface area contributed by atoms with Crippen LogP contribution in [-0.2, 0) is 0 Å². The zero-order chi connectivity index (χ0) is 18.4. The highest BCUT2D eigenvalue weighted by Crippen LogP contribution is 2.22. The molecule has 0 aromatic heterocycles. The average Bonchev–Trinajstić information content (AvgIpc) is 2.60. The lowest BCUT2D eigenvalue weighted by Crippen LogP contribution is -2.35. The fourth-order valence-corrected chi connectivity index (χ4v) is 2.35. The molecule has 0 aliphatic heterocycles. The molecule has 2 aromatic carbocycles. The lowest BCUT2D eigenvalue weighted by Gasteiger charge is -2.09. The van der Waals surface area contributed by atoms with Gasteiger partial charge in [0.15, 0.2) is 0 Å². The largest absolute Gasteiger partial charge is 0.478 e. The number of carbonyl (C=O) groups is 3. The Hall–Kier alpha value is -2.57. The van der Waals surface area contributed by atoms with Crippen LogP contribution in [0.2, 0.25) is 10.0 Å². The second-order valence-corrected chi connectivity index (χ2v) is 5.81. The van der Waals surface area contributed by atoms with Gasteiger partial charge in [0.25, 0.3) is 11.8 Å². The third kappa shape index (κ3) is 4.95. The summed E-state index contributed by atoms with van der Waals surface area (Å²) in [6, 6.07) is 10.4. The number of nitrogens with one attached hydrogen (secondary N) is 2. The molecule has 2 aromatic rings. The Morgan fingerprint density at radius 1 is 0.840 bits per heavy atom. The fraction of sp³-hybridized carbons (Fsp3) is 0.118. The zero-order valence-corrected chi connectivity index (χ0v) is 14.4. The van der Waals surface area contributed by atoms with Gasteiger partial charge in [-0.25, -0.2) is 4.79 Å². The van der Waals surface area contributed by atoms with Crippen molar-refractivity contribution in [2.45, 2.75) is 0 Å². The predicted molar refractivity (Wildman–Crippen MR) is 94.5 cm³/mol. The van der Waals surface area contributed by atoms with Gasteiger partial charge in [-0.15, -0.1) is 0 Å². The molecule has 0 unspecified atom stereocenters. The Kier molecular flexibility index (Phi) is 6.38. The molecule has 130 valence electrons. The highest BCUT2D eigenvalue weighted by molar-refractivity contribution is 6.42. The van der Waals surface area contributed by atoms with E-state index in [1.54, 1.807) is 6.07 Å². The predicted octanol–water partition coefficient (Wildman–Crippen LogP) is 2.85. The van der Waals surface area contributed by atoms with Crippen molar-refractivity contribution < 1.29 is 19.5 Å². The first-order valence-electron chi connectivity index (χ1n) is 7.24. The summed E-state index contributed by atoms with van der Waals surface area (Å²) in [5.74, 6) is -2.07. The smallest absolute Gasteiger partial charge is 0.336 e. The van der Waals surface area contributed by atoms with Gasteiger partial charge in [0.1, 0.15) is 0 Å². The molecule has 0 saturated heterocycles. The molecular formula is C17H14Cl2N2O4. The summed E-state index contributed by atoms with van der Waals surface area (Å²) in [5.41, 5.74) is 0.322. The van der Waals surface area contributed by atoms with Crippen LogP contribution in [0.1, 0.15) is 31.1 Å². The molecule has 0 atom stereocenters. The maximum Gasteiger partial charge on any atom is 0.336 e. The number of aromatic carboxylic acids is 1. The Bertz CT molecular complexity index is 824. The molecular weight excluding hydrogens is 367 g/mol. The van der Waals surface area contributed by atoms with Gasteiger partial charge in [0, 0.05) is 18.7 Å². The Balaban J connectivity index is 1.87. The molecule has 3 N–H and O–H groups in total. The van der Waals surface area contributed by atoms with Crippen molar-refractivity contribution in [3.63, 3.8) is 0 Å². The van der Waals surface area contributed by atoms with Crippen LogP contribution in [0.4, 0.5) is 0 Å². The molecule has 0 bridgehead atoms. The van der Waals surface area contributed by atoms with E-state index in [2.05, 4.69) is 10.6 Å². The second kappa shape index (κ2) is 8.50. The summed E-state index contributed by atoms with van der Waals surface area (Å²) >= 11 is 11.6. The molecule has 2 rings (SSSR count). The highest BCUT2D eigenvalue weighted by Gasteiger charge is 2.15. The average molecular weight is 381 g/mol. The number of amides is 2. The SMILES string of the molecule is O=C(NCCNC(=O)c1ccccc1C(=O)O)c1ccc(Cl)c(Cl)c1. The quantitative estimate of drug-likeness (QED) is 0.671. The van der Waals surface area contributed by atoms with E-state index in [1.165, 1.54) is 36.4 Å². The summed E-state index contributed by atoms with van der Waals surface area (Å²) in [5, 5.41) is 14.9.